The summed E-state index contributed by atoms with van der Waals surface area (Å²) < 4.78 is 1.93. The second-order valence-electron chi connectivity index (χ2n) is 2.94. The summed E-state index contributed by atoms with van der Waals surface area (Å²) in [5.41, 5.74) is 0.965. The topological polar surface area (TPSA) is 43.1 Å². The van der Waals surface area contributed by atoms with Crippen molar-refractivity contribution in [3.63, 3.8) is 0 Å². The van der Waals surface area contributed by atoms with Crippen LogP contribution in [0.25, 0.3) is 10.1 Å². The van der Waals surface area contributed by atoms with E-state index in [1.54, 1.807) is 24.3 Å². The van der Waals surface area contributed by atoms with E-state index >= 15 is 0 Å². The van der Waals surface area contributed by atoms with Crippen molar-refractivity contribution in [1.29, 1.82) is 0 Å². The minimum Gasteiger partial charge on any atom is -0.258 e. The highest BCUT2D eigenvalue weighted by Gasteiger charge is 2.18. The van der Waals surface area contributed by atoms with E-state index in [4.69, 9.17) is 0 Å². The fraction of sp³-hybridized carbons (Fsp3) is 0.111. The molecule has 0 aliphatic carbocycles. The first-order chi connectivity index (χ1) is 6.61. The van der Waals surface area contributed by atoms with Crippen molar-refractivity contribution in [2.45, 2.75) is 6.92 Å². The third-order valence-electron chi connectivity index (χ3n) is 2.05. The molecule has 72 valence electrons. The van der Waals surface area contributed by atoms with Crippen LogP contribution < -0.4 is 0 Å². The van der Waals surface area contributed by atoms with Crippen molar-refractivity contribution in [2.75, 3.05) is 0 Å². The molecule has 0 saturated carbocycles. The van der Waals surface area contributed by atoms with Gasteiger partial charge in [0.05, 0.1) is 10.3 Å². The summed E-state index contributed by atoms with van der Waals surface area (Å²) in [4.78, 5) is 10.6. The van der Waals surface area contributed by atoms with Crippen LogP contribution in [0.1, 0.15) is 5.56 Å². The van der Waals surface area contributed by atoms with E-state index in [0.717, 1.165) is 19.2 Å². The summed E-state index contributed by atoms with van der Waals surface area (Å²) in [7, 11) is 0. The van der Waals surface area contributed by atoms with Crippen LogP contribution in [0.5, 0.6) is 0 Å². The Bertz CT molecular complexity index is 521. The predicted molar refractivity (Wildman–Crippen MR) is 65.9 cm³/mol. The average molecular weight is 319 g/mol. The lowest BCUT2D eigenvalue weighted by atomic mass is 10.1. The van der Waals surface area contributed by atoms with E-state index in [9.17, 15) is 10.1 Å². The van der Waals surface area contributed by atoms with Crippen LogP contribution in [0.3, 0.4) is 0 Å². The molecule has 3 nitrogen and oxygen atoms in total. The quantitative estimate of drug-likeness (QED) is 0.457. The van der Waals surface area contributed by atoms with Gasteiger partial charge in [-0.3, -0.25) is 10.1 Å². The summed E-state index contributed by atoms with van der Waals surface area (Å²) in [6, 6.07) is 3.73. The smallest absolute Gasteiger partial charge is 0.258 e. The first-order valence-corrected chi connectivity index (χ1v) is 5.88. The monoisotopic (exact) mass is 319 g/mol. The van der Waals surface area contributed by atoms with Crippen LogP contribution in [-0.2, 0) is 0 Å². The Morgan fingerprint density at radius 1 is 1.50 bits per heavy atom. The first-order valence-electron chi connectivity index (χ1n) is 3.92. The molecule has 0 amide bonds. The average Bonchev–Trinajstić information content (AvgIpc) is 2.47. The summed E-state index contributed by atoms with van der Waals surface area (Å²) >= 11 is 3.68. The Labute approximate surface area is 98.0 Å². The largest absolute Gasteiger partial charge is 0.281 e. The maximum Gasteiger partial charge on any atom is 0.281 e. The zero-order valence-corrected chi connectivity index (χ0v) is 10.3. The van der Waals surface area contributed by atoms with Gasteiger partial charge in [0, 0.05) is 19.2 Å². The molecule has 0 saturated heterocycles. The summed E-state index contributed by atoms with van der Waals surface area (Å²) in [6.07, 6.45) is 0. The van der Waals surface area contributed by atoms with Crippen LogP contribution in [0.4, 0.5) is 5.69 Å². The van der Waals surface area contributed by atoms with E-state index in [1.807, 2.05) is 11.4 Å². The molecule has 0 bridgehead atoms. The van der Waals surface area contributed by atoms with Gasteiger partial charge in [-0.15, -0.1) is 11.3 Å². The lowest BCUT2D eigenvalue weighted by Gasteiger charge is -1.98. The molecule has 0 fully saturated rings. The number of nitro benzene ring substituents is 1. The third kappa shape index (κ3) is 1.40. The number of benzene rings is 1. The number of aryl methyl sites for hydroxylation is 1. The lowest BCUT2D eigenvalue weighted by molar-refractivity contribution is -0.383. The number of hydrogen-bond acceptors (Lipinski definition) is 3. The van der Waals surface area contributed by atoms with E-state index < -0.39 is 0 Å². The van der Waals surface area contributed by atoms with Crippen molar-refractivity contribution in [1.82, 2.24) is 0 Å². The molecule has 5 heteroatoms. The Balaban J connectivity index is 2.94. The minimum atomic E-state index is -0.299. The normalized spacial score (nSPS) is 10.7. The standard InChI is InChI=1S/C9H6INO2S/c1-5-2-3-7-8(6(10)4-14-7)9(5)11(12)13/h2-4H,1H3. The molecule has 0 spiro atoms. The molecule has 0 aliphatic rings. The van der Waals surface area contributed by atoms with Crippen molar-refractivity contribution in [2.24, 2.45) is 0 Å². The van der Waals surface area contributed by atoms with E-state index in [2.05, 4.69) is 22.6 Å². The highest BCUT2D eigenvalue weighted by molar-refractivity contribution is 14.1. The van der Waals surface area contributed by atoms with E-state index in [0.29, 0.717) is 0 Å². The zero-order valence-electron chi connectivity index (χ0n) is 7.28. The Morgan fingerprint density at radius 2 is 2.21 bits per heavy atom. The molecule has 2 aromatic rings. The van der Waals surface area contributed by atoms with Crippen LogP contribution in [-0.4, -0.2) is 4.92 Å². The van der Waals surface area contributed by atoms with Gasteiger partial charge in [-0.1, -0.05) is 6.07 Å². The van der Waals surface area contributed by atoms with Gasteiger partial charge in [-0.05, 0) is 35.6 Å². The molecule has 1 aromatic carbocycles. The zero-order chi connectivity index (χ0) is 10.3. The Kier molecular flexibility index (Phi) is 2.44. The van der Waals surface area contributed by atoms with Crippen molar-refractivity contribution in [3.05, 3.63) is 36.8 Å². The molecule has 1 aromatic heterocycles. The molecule has 0 unspecified atom stereocenters. The Morgan fingerprint density at radius 3 is 2.86 bits per heavy atom. The number of halogens is 1. The lowest BCUT2D eigenvalue weighted by Crippen LogP contribution is -1.92. The SMILES string of the molecule is Cc1ccc2scc(I)c2c1[N+](=O)[O-]. The molecule has 1 heterocycles. The van der Waals surface area contributed by atoms with Gasteiger partial charge in [-0.25, -0.2) is 0 Å². The van der Waals surface area contributed by atoms with Gasteiger partial charge in [0.15, 0.2) is 0 Å². The summed E-state index contributed by atoms with van der Waals surface area (Å²) in [6.45, 7) is 1.77. The molecule has 14 heavy (non-hydrogen) atoms. The number of rotatable bonds is 1. The van der Waals surface area contributed by atoms with Gasteiger partial charge in [0.1, 0.15) is 0 Å². The highest BCUT2D eigenvalue weighted by atomic mass is 127. The van der Waals surface area contributed by atoms with Gasteiger partial charge >= 0.3 is 0 Å². The van der Waals surface area contributed by atoms with Crippen LogP contribution in [0.15, 0.2) is 17.5 Å². The second kappa shape index (κ2) is 3.47. The number of hydrogen-bond donors (Lipinski definition) is 0. The van der Waals surface area contributed by atoms with Crippen molar-refractivity contribution in [3.8, 4) is 0 Å². The van der Waals surface area contributed by atoms with Gasteiger partial charge < -0.3 is 0 Å². The fourth-order valence-electron chi connectivity index (χ4n) is 1.42. The maximum atomic E-state index is 10.9. The minimum absolute atomic E-state index is 0.244. The second-order valence-corrected chi connectivity index (χ2v) is 5.02. The summed E-state index contributed by atoms with van der Waals surface area (Å²) in [5, 5.41) is 13.6. The molecular weight excluding hydrogens is 313 g/mol. The van der Waals surface area contributed by atoms with Gasteiger partial charge in [-0.2, -0.15) is 0 Å². The number of fused-ring (bicyclic) bond motifs is 1. The molecule has 0 N–H and O–H groups in total. The van der Waals surface area contributed by atoms with E-state index in [1.165, 1.54) is 0 Å². The van der Waals surface area contributed by atoms with Gasteiger partial charge in [0.25, 0.3) is 5.69 Å². The number of thiophene rings is 1. The van der Waals surface area contributed by atoms with E-state index in [-0.39, 0.29) is 10.6 Å². The molecule has 0 aliphatic heterocycles. The predicted octanol–water partition coefficient (Wildman–Crippen LogP) is 3.72. The molecular formula is C9H6INO2S. The number of nitro groups is 1. The van der Waals surface area contributed by atoms with Crippen LogP contribution in [0.2, 0.25) is 0 Å². The molecule has 0 radical (unpaired) electrons. The van der Waals surface area contributed by atoms with Crippen LogP contribution >= 0.6 is 33.9 Å². The maximum absolute atomic E-state index is 10.9. The molecule has 2 rings (SSSR count). The van der Waals surface area contributed by atoms with Crippen molar-refractivity contribution < 1.29 is 4.92 Å². The summed E-state index contributed by atoms with van der Waals surface area (Å²) in [5.74, 6) is 0. The molecule has 0 atom stereocenters. The first kappa shape index (κ1) is 9.85. The Hall–Kier alpha value is -0.690. The van der Waals surface area contributed by atoms with Crippen LogP contribution in [0, 0.1) is 20.6 Å². The third-order valence-corrected chi connectivity index (χ3v) is 4.27. The highest BCUT2D eigenvalue weighted by Crippen LogP contribution is 2.36. The fourth-order valence-corrected chi connectivity index (χ4v) is 3.35. The van der Waals surface area contributed by atoms with Crippen molar-refractivity contribution >= 4 is 49.7 Å². The number of nitrogens with zero attached hydrogens (tertiary/aromatic N) is 1. The van der Waals surface area contributed by atoms with Gasteiger partial charge in [0.2, 0.25) is 0 Å².